The zero-order valence-electron chi connectivity index (χ0n) is 24.8. The third kappa shape index (κ3) is 4.23. The number of allylic oxidation sites excluding steroid dienone is 1. The van der Waals surface area contributed by atoms with Gasteiger partial charge in [0.25, 0.3) is 0 Å². The van der Waals surface area contributed by atoms with Crippen molar-refractivity contribution in [2.45, 2.75) is 109 Å². The van der Waals surface area contributed by atoms with Crippen molar-refractivity contribution in [3.63, 3.8) is 0 Å². The van der Waals surface area contributed by atoms with E-state index in [1.165, 1.54) is 11.1 Å². The number of fused-ring (bicyclic) bond motifs is 4. The van der Waals surface area contributed by atoms with Crippen LogP contribution in [-0.4, -0.2) is 51.6 Å². The Morgan fingerprint density at radius 2 is 1.70 bits per heavy atom. The van der Waals surface area contributed by atoms with Gasteiger partial charge in [0.2, 0.25) is 0 Å². The van der Waals surface area contributed by atoms with E-state index in [1.54, 1.807) is 0 Å². The molecule has 2 N–H and O–H groups in total. The van der Waals surface area contributed by atoms with E-state index in [4.69, 9.17) is 21.7 Å². The topological polar surface area (TPSA) is 76.0 Å². The summed E-state index contributed by atoms with van der Waals surface area (Å²) in [5, 5.41) is 24.7. The summed E-state index contributed by atoms with van der Waals surface area (Å²) >= 11 is 5.95. The lowest BCUT2D eigenvalue weighted by molar-refractivity contribution is -0.322. The molecular formula is C34H46O5S. The molecule has 4 aliphatic carbocycles. The summed E-state index contributed by atoms with van der Waals surface area (Å²) in [6.07, 6.45) is 6.85. The summed E-state index contributed by atoms with van der Waals surface area (Å²) < 4.78 is 12.8. The largest absolute Gasteiger partial charge is 0.385 e. The fraction of sp³-hybridized carbons (Fsp3) is 0.706. The summed E-state index contributed by atoms with van der Waals surface area (Å²) in [6.45, 7) is 12.0. The maximum atomic E-state index is 12.4. The zero-order valence-corrected chi connectivity index (χ0v) is 25.6. The molecule has 6 rings (SSSR count). The minimum absolute atomic E-state index is 0.0211. The highest BCUT2D eigenvalue weighted by atomic mass is 32.1. The van der Waals surface area contributed by atoms with Crippen LogP contribution >= 0.6 is 12.2 Å². The van der Waals surface area contributed by atoms with Gasteiger partial charge in [0, 0.05) is 40.0 Å². The Hall–Kier alpha value is -1.44. The van der Waals surface area contributed by atoms with E-state index in [1.807, 2.05) is 12.1 Å². The number of hydrogen-bond acceptors (Lipinski definition) is 6. The normalized spacial score (nSPS) is 40.0. The summed E-state index contributed by atoms with van der Waals surface area (Å²) in [5.41, 5.74) is 2.04. The van der Waals surface area contributed by atoms with Gasteiger partial charge >= 0.3 is 0 Å². The fourth-order valence-electron chi connectivity index (χ4n) is 9.25. The van der Waals surface area contributed by atoms with Crippen LogP contribution in [0.5, 0.6) is 0 Å². The molecular weight excluding hydrogens is 520 g/mol. The molecule has 6 atom stereocenters. The predicted molar refractivity (Wildman–Crippen MR) is 159 cm³/mol. The molecule has 4 fully saturated rings. The summed E-state index contributed by atoms with van der Waals surface area (Å²) in [7, 11) is 0. The Bertz CT molecular complexity index is 1220. The Morgan fingerprint density at radius 3 is 2.33 bits per heavy atom. The lowest BCUT2D eigenvalue weighted by Crippen LogP contribution is -2.59. The van der Waals surface area contributed by atoms with Crippen molar-refractivity contribution >= 4 is 23.4 Å². The van der Waals surface area contributed by atoms with E-state index >= 15 is 0 Å². The number of carbonyl (C=O) groups excluding carboxylic acids is 1. The Balaban J connectivity index is 1.44. The zero-order chi connectivity index (χ0) is 28.7. The molecule has 1 aliphatic heterocycles. The van der Waals surface area contributed by atoms with Gasteiger partial charge in [-0.2, -0.15) is 0 Å². The monoisotopic (exact) mass is 566 g/mol. The van der Waals surface area contributed by atoms with Crippen molar-refractivity contribution in [3.8, 4) is 0 Å². The first kappa shape index (κ1) is 28.7. The van der Waals surface area contributed by atoms with Crippen LogP contribution in [0, 0.1) is 28.6 Å². The van der Waals surface area contributed by atoms with E-state index in [2.05, 4.69) is 46.8 Å². The molecule has 0 bridgehead atoms. The van der Waals surface area contributed by atoms with Gasteiger partial charge in [-0.25, -0.2) is 0 Å². The second-order valence-electron chi connectivity index (χ2n) is 14.9. The number of thiocarbonyl (C=S) groups is 1. The van der Waals surface area contributed by atoms with Crippen LogP contribution < -0.4 is 0 Å². The van der Waals surface area contributed by atoms with Gasteiger partial charge in [0.05, 0.1) is 18.8 Å². The molecule has 40 heavy (non-hydrogen) atoms. The van der Waals surface area contributed by atoms with Crippen molar-refractivity contribution < 1.29 is 24.5 Å². The Morgan fingerprint density at radius 1 is 1.02 bits per heavy atom. The molecule has 0 aromatic heterocycles. The summed E-state index contributed by atoms with van der Waals surface area (Å²) in [4.78, 5) is 12.2. The molecule has 3 saturated carbocycles. The van der Waals surface area contributed by atoms with E-state index < -0.39 is 17.0 Å². The molecule has 5 aliphatic rings. The van der Waals surface area contributed by atoms with Crippen molar-refractivity contribution in [1.29, 1.82) is 0 Å². The molecule has 0 radical (unpaired) electrons. The molecule has 5 nitrogen and oxygen atoms in total. The average molecular weight is 567 g/mol. The number of aliphatic hydroxyl groups is 2. The second kappa shape index (κ2) is 9.54. The number of rotatable bonds is 4. The number of hydrogen-bond donors (Lipinski definition) is 2. The van der Waals surface area contributed by atoms with Gasteiger partial charge < -0.3 is 19.7 Å². The third-order valence-electron chi connectivity index (χ3n) is 11.4. The van der Waals surface area contributed by atoms with Crippen molar-refractivity contribution in [2.75, 3.05) is 13.2 Å². The molecule has 1 heterocycles. The number of carbonyl (C=O) groups is 1. The van der Waals surface area contributed by atoms with Crippen LogP contribution in [0.3, 0.4) is 0 Å². The SMILES string of the molecule is CC(C)C(=S)C1(O)CCC2C3CCC4(O)CC5(CCC4=C3C(c3ccc(C=O)cc3)CC21C)OCC(C)(C)CO5. The third-order valence-corrected chi connectivity index (χ3v) is 12.2. The smallest absolute Gasteiger partial charge is 0.171 e. The van der Waals surface area contributed by atoms with Crippen LogP contribution in [-0.2, 0) is 9.47 Å². The molecule has 0 amide bonds. The van der Waals surface area contributed by atoms with Gasteiger partial charge in [0.1, 0.15) is 11.9 Å². The standard InChI is InChI=1S/C34H46O5S/c1-21(2)29(40)34(37)15-12-26-24-10-13-32(36)18-33(38-19-30(3,4)20-39-33)14-11-27(32)28(24)25(16-31(26,34)5)23-8-6-22(17-35)7-9-23/h6-9,17,21,24-26,36-37H,10-16,18-20H2,1-5H3. The summed E-state index contributed by atoms with van der Waals surface area (Å²) in [5.74, 6) is 0.0601. The van der Waals surface area contributed by atoms with Crippen LogP contribution in [0.4, 0.5) is 0 Å². The lowest BCUT2D eigenvalue weighted by Gasteiger charge is -2.58. The van der Waals surface area contributed by atoms with Crippen LogP contribution in [0.2, 0.25) is 0 Å². The molecule has 6 heteroatoms. The maximum Gasteiger partial charge on any atom is 0.171 e. The molecule has 1 saturated heterocycles. The van der Waals surface area contributed by atoms with Gasteiger partial charge in [0.15, 0.2) is 5.79 Å². The number of benzene rings is 1. The van der Waals surface area contributed by atoms with Crippen molar-refractivity contribution in [3.05, 3.63) is 46.5 Å². The van der Waals surface area contributed by atoms with Gasteiger partial charge in [-0.15, -0.1) is 0 Å². The molecule has 1 spiro atoms. The minimum Gasteiger partial charge on any atom is -0.385 e. The highest BCUT2D eigenvalue weighted by Gasteiger charge is 2.66. The molecule has 218 valence electrons. The second-order valence-corrected chi connectivity index (χ2v) is 15.4. The highest BCUT2D eigenvalue weighted by molar-refractivity contribution is 7.80. The average Bonchev–Trinajstić information content (AvgIpc) is 3.20. The van der Waals surface area contributed by atoms with Crippen molar-refractivity contribution in [2.24, 2.45) is 28.6 Å². The van der Waals surface area contributed by atoms with Gasteiger partial charge in [-0.3, -0.25) is 4.79 Å². The van der Waals surface area contributed by atoms with E-state index in [0.717, 1.165) is 48.8 Å². The van der Waals surface area contributed by atoms with Crippen LogP contribution in [0.25, 0.3) is 0 Å². The summed E-state index contributed by atoms with van der Waals surface area (Å²) in [6, 6.07) is 7.94. The predicted octanol–water partition coefficient (Wildman–Crippen LogP) is 6.55. The van der Waals surface area contributed by atoms with Crippen LogP contribution in [0.1, 0.15) is 108 Å². The van der Waals surface area contributed by atoms with E-state index in [9.17, 15) is 15.0 Å². The first-order valence-corrected chi connectivity index (χ1v) is 15.7. The molecule has 1 aromatic rings. The van der Waals surface area contributed by atoms with Gasteiger partial charge in [-0.05, 0) is 67.4 Å². The lowest BCUT2D eigenvalue weighted by atomic mass is 9.49. The molecule has 1 aromatic carbocycles. The number of ether oxygens (including phenoxy) is 2. The Labute approximate surface area is 244 Å². The minimum atomic E-state index is -0.987. The van der Waals surface area contributed by atoms with E-state index in [0.29, 0.717) is 44.0 Å². The van der Waals surface area contributed by atoms with Crippen LogP contribution in [0.15, 0.2) is 35.4 Å². The molecule has 6 unspecified atom stereocenters. The quantitative estimate of drug-likeness (QED) is 0.245. The van der Waals surface area contributed by atoms with Crippen molar-refractivity contribution in [1.82, 2.24) is 0 Å². The fourth-order valence-corrected chi connectivity index (χ4v) is 9.58. The highest BCUT2D eigenvalue weighted by Crippen LogP contribution is 2.68. The first-order chi connectivity index (χ1) is 18.8. The Kier molecular flexibility index (Phi) is 6.83. The van der Waals surface area contributed by atoms with Gasteiger partial charge in [-0.1, -0.05) is 76.7 Å². The maximum absolute atomic E-state index is 12.4. The first-order valence-electron chi connectivity index (χ1n) is 15.3. The van der Waals surface area contributed by atoms with E-state index in [-0.39, 0.29) is 28.6 Å². The number of aldehydes is 1.